The summed E-state index contributed by atoms with van der Waals surface area (Å²) in [5.41, 5.74) is 5.23. The van der Waals surface area contributed by atoms with Crippen LogP contribution in [0.5, 0.6) is 0 Å². The summed E-state index contributed by atoms with van der Waals surface area (Å²) >= 11 is 1.71. The molecule has 11 heavy (non-hydrogen) atoms. The van der Waals surface area contributed by atoms with Gasteiger partial charge in [-0.05, 0) is 29.6 Å². The van der Waals surface area contributed by atoms with Gasteiger partial charge in [0.2, 0.25) is 0 Å². The summed E-state index contributed by atoms with van der Waals surface area (Å²) in [4.78, 5) is 0. The lowest BCUT2D eigenvalue weighted by Crippen LogP contribution is -2.01. The first-order valence-corrected chi connectivity index (χ1v) is 4.89. The summed E-state index contributed by atoms with van der Waals surface area (Å²) in [5, 5.41) is 4.08. The molecule has 0 aliphatic heterocycles. The second-order valence-electron chi connectivity index (χ2n) is 2.76. The topological polar surface area (TPSA) is 26.0 Å². The fourth-order valence-corrected chi connectivity index (χ4v) is 1.01. The van der Waals surface area contributed by atoms with Gasteiger partial charge in [0.05, 0.1) is 0 Å². The van der Waals surface area contributed by atoms with E-state index >= 15 is 0 Å². The maximum Gasteiger partial charge on any atom is -0.00748 e. The van der Waals surface area contributed by atoms with Crippen LogP contribution in [0, 0.1) is 5.92 Å². The Morgan fingerprint density at radius 3 is 1.91 bits per heavy atom. The first-order chi connectivity index (χ1) is 5.27. The summed E-state index contributed by atoms with van der Waals surface area (Å²) < 4.78 is 0. The number of thiophene rings is 1. The molecule has 2 heteroatoms. The van der Waals surface area contributed by atoms with Crippen molar-refractivity contribution < 1.29 is 0 Å². The zero-order valence-corrected chi connectivity index (χ0v) is 8.10. The van der Waals surface area contributed by atoms with Crippen molar-refractivity contribution in [3.63, 3.8) is 0 Å². The minimum absolute atomic E-state index is 0.773. The summed E-state index contributed by atoms with van der Waals surface area (Å²) in [6, 6.07) is 4.04. The molecule has 0 saturated carbocycles. The largest absolute Gasteiger partial charge is 0.330 e. The lowest BCUT2D eigenvalue weighted by atomic mass is 10.1. The molecule has 0 aromatic carbocycles. The molecule has 0 spiro atoms. The third kappa shape index (κ3) is 9.66. The van der Waals surface area contributed by atoms with Crippen LogP contribution in [-0.2, 0) is 0 Å². The first-order valence-electron chi connectivity index (χ1n) is 3.94. The van der Waals surface area contributed by atoms with Gasteiger partial charge in [-0.1, -0.05) is 26.0 Å². The minimum atomic E-state index is 0.773. The summed E-state index contributed by atoms with van der Waals surface area (Å²) in [6.45, 7) is 5.18. The number of nitrogens with two attached hydrogens (primary N) is 1. The quantitative estimate of drug-likeness (QED) is 0.727. The fourth-order valence-electron chi connectivity index (χ4n) is 0.560. The van der Waals surface area contributed by atoms with Crippen LogP contribution in [-0.4, -0.2) is 6.54 Å². The van der Waals surface area contributed by atoms with E-state index in [1.165, 1.54) is 0 Å². The second-order valence-corrected chi connectivity index (χ2v) is 3.58. The Kier molecular flexibility index (Phi) is 7.52. The Hall–Kier alpha value is -0.340. The summed E-state index contributed by atoms with van der Waals surface area (Å²) in [7, 11) is 0. The highest BCUT2D eigenvalue weighted by Crippen LogP contribution is 1.93. The van der Waals surface area contributed by atoms with Gasteiger partial charge in [0.1, 0.15) is 0 Å². The average molecular weight is 171 g/mol. The maximum atomic E-state index is 5.23. The molecule has 1 heterocycles. The molecule has 0 atom stereocenters. The number of hydrogen-bond acceptors (Lipinski definition) is 2. The number of rotatable bonds is 2. The summed E-state index contributed by atoms with van der Waals surface area (Å²) in [5.74, 6) is 0.773. The van der Waals surface area contributed by atoms with E-state index in [1.54, 1.807) is 11.3 Å². The SMILES string of the molecule is CC(C)CCN.c1ccsc1. The van der Waals surface area contributed by atoms with Gasteiger partial charge in [-0.2, -0.15) is 11.3 Å². The molecule has 0 fully saturated rings. The molecule has 0 unspecified atom stereocenters. The molecule has 0 aliphatic carbocycles. The molecule has 1 aromatic rings. The molecule has 0 amide bonds. The van der Waals surface area contributed by atoms with Crippen LogP contribution >= 0.6 is 11.3 Å². The Bertz CT molecular complexity index is 118. The van der Waals surface area contributed by atoms with Crippen molar-refractivity contribution in [2.45, 2.75) is 20.3 Å². The number of hydrogen-bond donors (Lipinski definition) is 1. The lowest BCUT2D eigenvalue weighted by Gasteiger charge is -1.96. The van der Waals surface area contributed by atoms with Crippen LogP contribution in [0.1, 0.15) is 20.3 Å². The highest BCUT2D eigenvalue weighted by atomic mass is 32.1. The van der Waals surface area contributed by atoms with E-state index < -0.39 is 0 Å². The Labute approximate surface area is 73.2 Å². The highest BCUT2D eigenvalue weighted by Gasteiger charge is 1.85. The Morgan fingerprint density at radius 1 is 1.27 bits per heavy atom. The lowest BCUT2D eigenvalue weighted by molar-refractivity contribution is 0.596. The molecular weight excluding hydrogens is 154 g/mol. The smallest absolute Gasteiger partial charge is 0.00748 e. The minimum Gasteiger partial charge on any atom is -0.330 e. The zero-order chi connectivity index (χ0) is 8.53. The third-order valence-corrected chi connectivity index (χ3v) is 1.80. The average Bonchev–Trinajstić information content (AvgIpc) is 2.41. The van der Waals surface area contributed by atoms with Crippen LogP contribution in [0.2, 0.25) is 0 Å². The summed E-state index contributed by atoms with van der Waals surface area (Å²) in [6.07, 6.45) is 1.15. The molecule has 1 nitrogen and oxygen atoms in total. The van der Waals surface area contributed by atoms with Gasteiger partial charge < -0.3 is 5.73 Å². The van der Waals surface area contributed by atoms with E-state index in [0.717, 1.165) is 18.9 Å². The van der Waals surface area contributed by atoms with E-state index in [4.69, 9.17) is 5.73 Å². The van der Waals surface area contributed by atoms with Crippen molar-refractivity contribution in [2.24, 2.45) is 11.7 Å². The molecular formula is C9H17NS. The van der Waals surface area contributed by atoms with Gasteiger partial charge in [0.15, 0.2) is 0 Å². The molecule has 64 valence electrons. The standard InChI is InChI=1S/C5H13N.C4H4S/c1-5(2)3-4-6;1-2-4-5-3-1/h5H,3-4,6H2,1-2H3;1-4H. The second kappa shape index (κ2) is 7.76. The van der Waals surface area contributed by atoms with Crippen molar-refractivity contribution in [1.82, 2.24) is 0 Å². The van der Waals surface area contributed by atoms with E-state index in [2.05, 4.69) is 13.8 Å². The van der Waals surface area contributed by atoms with Crippen molar-refractivity contribution in [3.05, 3.63) is 22.9 Å². The predicted octanol–water partition coefficient (Wildman–Crippen LogP) is 2.74. The van der Waals surface area contributed by atoms with Gasteiger partial charge in [0.25, 0.3) is 0 Å². The van der Waals surface area contributed by atoms with Crippen molar-refractivity contribution in [1.29, 1.82) is 0 Å². The van der Waals surface area contributed by atoms with Crippen molar-refractivity contribution >= 4 is 11.3 Å². The van der Waals surface area contributed by atoms with Gasteiger partial charge in [-0.3, -0.25) is 0 Å². The molecule has 0 saturated heterocycles. The van der Waals surface area contributed by atoms with Crippen molar-refractivity contribution in [3.8, 4) is 0 Å². The molecule has 0 radical (unpaired) electrons. The van der Waals surface area contributed by atoms with Gasteiger partial charge in [0, 0.05) is 0 Å². The predicted molar refractivity (Wildman–Crippen MR) is 52.8 cm³/mol. The highest BCUT2D eigenvalue weighted by molar-refractivity contribution is 7.07. The van der Waals surface area contributed by atoms with Gasteiger partial charge in [-0.15, -0.1) is 0 Å². The van der Waals surface area contributed by atoms with E-state index in [0.29, 0.717) is 0 Å². The normalized spacial score (nSPS) is 9.09. The zero-order valence-electron chi connectivity index (χ0n) is 7.29. The maximum absolute atomic E-state index is 5.23. The van der Waals surface area contributed by atoms with E-state index in [1.807, 2.05) is 22.9 Å². The first kappa shape index (κ1) is 10.7. The molecule has 0 aliphatic rings. The molecule has 1 rings (SSSR count). The van der Waals surface area contributed by atoms with Crippen LogP contribution in [0.4, 0.5) is 0 Å². The van der Waals surface area contributed by atoms with Crippen LogP contribution in [0.3, 0.4) is 0 Å². The van der Waals surface area contributed by atoms with Gasteiger partial charge >= 0.3 is 0 Å². The van der Waals surface area contributed by atoms with E-state index in [9.17, 15) is 0 Å². The van der Waals surface area contributed by atoms with E-state index in [-0.39, 0.29) is 0 Å². The monoisotopic (exact) mass is 171 g/mol. The Balaban J connectivity index is 0.000000183. The third-order valence-electron chi connectivity index (χ3n) is 1.17. The fraction of sp³-hybridized carbons (Fsp3) is 0.556. The van der Waals surface area contributed by atoms with Gasteiger partial charge in [-0.25, -0.2) is 0 Å². The van der Waals surface area contributed by atoms with Crippen molar-refractivity contribution in [2.75, 3.05) is 6.54 Å². The van der Waals surface area contributed by atoms with Crippen LogP contribution in [0.15, 0.2) is 22.9 Å². The van der Waals surface area contributed by atoms with Crippen LogP contribution in [0.25, 0.3) is 0 Å². The molecule has 2 N–H and O–H groups in total. The molecule has 0 bridgehead atoms. The van der Waals surface area contributed by atoms with Crippen LogP contribution < -0.4 is 5.73 Å². The Morgan fingerprint density at radius 2 is 1.82 bits per heavy atom. The molecule has 1 aromatic heterocycles.